The second-order valence-electron chi connectivity index (χ2n) is 6.06. The molecule has 0 saturated heterocycles. The Hall–Kier alpha value is -3.33. The van der Waals surface area contributed by atoms with Crippen LogP contribution in [-0.4, -0.2) is 36.7 Å². The number of methoxy groups -OCH3 is 1. The Morgan fingerprint density at radius 1 is 0.966 bits per heavy atom. The summed E-state index contributed by atoms with van der Waals surface area (Å²) in [5, 5.41) is 2.41. The monoisotopic (exact) mass is 417 g/mol. The maximum atomic E-state index is 12.4. The molecule has 29 heavy (non-hydrogen) atoms. The molecular weight excluding hydrogens is 394 g/mol. The molecular formula is C20H23N3O5S. The van der Waals surface area contributed by atoms with Crippen LogP contribution < -0.4 is 30.4 Å². The van der Waals surface area contributed by atoms with Crippen LogP contribution in [0.15, 0.2) is 48.5 Å². The number of para-hydroxylation sites is 3. The molecule has 2 amide bonds. The lowest BCUT2D eigenvalue weighted by atomic mass is 10.2. The Labute approximate surface area is 174 Å². The molecule has 0 saturated carbocycles. The van der Waals surface area contributed by atoms with Crippen molar-refractivity contribution in [3.8, 4) is 17.2 Å². The van der Waals surface area contributed by atoms with Crippen molar-refractivity contribution < 1.29 is 23.8 Å². The summed E-state index contributed by atoms with van der Waals surface area (Å²) in [5.41, 5.74) is 5.14. The van der Waals surface area contributed by atoms with Gasteiger partial charge >= 0.3 is 0 Å². The average Bonchev–Trinajstić information content (AvgIpc) is 2.70. The van der Waals surface area contributed by atoms with E-state index in [1.54, 1.807) is 48.5 Å². The minimum absolute atomic E-state index is 0.0695. The lowest BCUT2D eigenvalue weighted by molar-refractivity contribution is -0.123. The molecule has 9 heteroatoms. The molecule has 154 valence electrons. The highest BCUT2D eigenvalue weighted by Gasteiger charge is 2.15. The van der Waals surface area contributed by atoms with Gasteiger partial charge < -0.3 is 14.2 Å². The van der Waals surface area contributed by atoms with Crippen LogP contribution in [0.2, 0.25) is 0 Å². The van der Waals surface area contributed by atoms with Gasteiger partial charge in [0.1, 0.15) is 5.75 Å². The summed E-state index contributed by atoms with van der Waals surface area (Å²) in [6.07, 6.45) is -0.0865. The number of amides is 2. The molecule has 0 spiro atoms. The third-order valence-electron chi connectivity index (χ3n) is 3.46. The average molecular weight is 417 g/mol. The number of ether oxygens (including phenoxy) is 3. The van der Waals surface area contributed by atoms with E-state index in [0.29, 0.717) is 22.8 Å². The molecule has 0 atom stereocenters. The summed E-state index contributed by atoms with van der Waals surface area (Å²) >= 11 is 5.04. The SMILES string of the molecule is COc1ccccc1OCC(=O)NNC(=S)NC(=O)c1ccccc1OC(C)C. The summed E-state index contributed by atoms with van der Waals surface area (Å²) in [5.74, 6) is 0.437. The number of nitrogens with one attached hydrogen (secondary N) is 3. The Kier molecular flexibility index (Phi) is 8.23. The number of carbonyl (C=O) groups is 2. The summed E-state index contributed by atoms with van der Waals surface area (Å²) in [7, 11) is 1.51. The minimum atomic E-state index is -0.490. The molecule has 3 N–H and O–H groups in total. The second-order valence-corrected chi connectivity index (χ2v) is 6.47. The fourth-order valence-corrected chi connectivity index (χ4v) is 2.40. The summed E-state index contributed by atoms with van der Waals surface area (Å²) in [6.45, 7) is 3.46. The van der Waals surface area contributed by atoms with Crippen LogP contribution >= 0.6 is 12.2 Å². The summed E-state index contributed by atoms with van der Waals surface area (Å²) < 4.78 is 16.2. The van der Waals surface area contributed by atoms with Gasteiger partial charge in [-0.2, -0.15) is 0 Å². The number of hydrazine groups is 1. The van der Waals surface area contributed by atoms with E-state index in [9.17, 15) is 9.59 Å². The van der Waals surface area contributed by atoms with Gasteiger partial charge in [0.2, 0.25) is 0 Å². The van der Waals surface area contributed by atoms with Gasteiger partial charge in [-0.15, -0.1) is 0 Å². The third-order valence-corrected chi connectivity index (χ3v) is 3.67. The van der Waals surface area contributed by atoms with Crippen molar-refractivity contribution in [2.45, 2.75) is 20.0 Å². The fraction of sp³-hybridized carbons (Fsp3) is 0.250. The van der Waals surface area contributed by atoms with Gasteiger partial charge in [0.25, 0.3) is 11.8 Å². The van der Waals surface area contributed by atoms with Gasteiger partial charge in [-0.05, 0) is 50.3 Å². The first-order valence-electron chi connectivity index (χ1n) is 8.82. The van der Waals surface area contributed by atoms with E-state index in [1.807, 2.05) is 13.8 Å². The molecule has 0 fully saturated rings. The van der Waals surface area contributed by atoms with Gasteiger partial charge in [0, 0.05) is 0 Å². The number of benzene rings is 2. The van der Waals surface area contributed by atoms with E-state index in [1.165, 1.54) is 7.11 Å². The second kappa shape index (κ2) is 10.9. The Morgan fingerprint density at radius 2 is 1.59 bits per heavy atom. The first-order valence-corrected chi connectivity index (χ1v) is 9.23. The topological polar surface area (TPSA) is 97.9 Å². The summed E-state index contributed by atoms with van der Waals surface area (Å²) in [6, 6.07) is 13.8. The molecule has 2 rings (SSSR count). The normalized spacial score (nSPS) is 10.1. The first kappa shape index (κ1) is 22.0. The van der Waals surface area contributed by atoms with E-state index < -0.39 is 11.8 Å². The Bertz CT molecular complexity index is 873. The van der Waals surface area contributed by atoms with Gasteiger partial charge in [0.05, 0.1) is 18.8 Å². The van der Waals surface area contributed by atoms with E-state index in [2.05, 4.69) is 16.2 Å². The Morgan fingerprint density at radius 3 is 2.24 bits per heavy atom. The van der Waals surface area contributed by atoms with E-state index >= 15 is 0 Å². The molecule has 0 aliphatic carbocycles. The van der Waals surface area contributed by atoms with Gasteiger partial charge in [0.15, 0.2) is 23.2 Å². The molecule has 2 aromatic rings. The van der Waals surface area contributed by atoms with Crippen molar-refractivity contribution >= 4 is 29.1 Å². The smallest absolute Gasteiger partial charge is 0.276 e. The predicted octanol–water partition coefficient (Wildman–Crippen LogP) is 2.20. The van der Waals surface area contributed by atoms with Gasteiger partial charge in [-0.1, -0.05) is 24.3 Å². The van der Waals surface area contributed by atoms with E-state index in [-0.39, 0.29) is 17.8 Å². The Balaban J connectivity index is 1.82. The maximum Gasteiger partial charge on any atom is 0.276 e. The fourth-order valence-electron chi connectivity index (χ4n) is 2.26. The zero-order chi connectivity index (χ0) is 21.2. The van der Waals surface area contributed by atoms with Crippen molar-refractivity contribution in [1.82, 2.24) is 16.2 Å². The number of hydrogen-bond donors (Lipinski definition) is 3. The van der Waals surface area contributed by atoms with Crippen molar-refractivity contribution in [1.29, 1.82) is 0 Å². The van der Waals surface area contributed by atoms with Crippen LogP contribution in [0, 0.1) is 0 Å². The number of thiocarbonyl (C=S) groups is 1. The van der Waals surface area contributed by atoms with Crippen LogP contribution in [-0.2, 0) is 4.79 Å². The lowest BCUT2D eigenvalue weighted by Gasteiger charge is -2.15. The summed E-state index contributed by atoms with van der Waals surface area (Å²) in [4.78, 5) is 24.3. The standard InChI is InChI=1S/C20H23N3O5S/c1-13(2)28-15-9-5-4-8-14(15)19(25)21-20(29)23-22-18(24)12-27-17-11-7-6-10-16(17)26-3/h4-11,13H,12H2,1-3H3,(H,22,24)(H2,21,23,25,29). The lowest BCUT2D eigenvalue weighted by Crippen LogP contribution is -2.49. The number of carbonyl (C=O) groups excluding carboxylic acids is 2. The largest absolute Gasteiger partial charge is 0.493 e. The quantitative estimate of drug-likeness (QED) is 0.469. The molecule has 0 aromatic heterocycles. The molecule has 0 aliphatic heterocycles. The minimum Gasteiger partial charge on any atom is -0.493 e. The van der Waals surface area contributed by atoms with Crippen molar-refractivity contribution in [3.63, 3.8) is 0 Å². The molecule has 0 aliphatic rings. The highest BCUT2D eigenvalue weighted by molar-refractivity contribution is 7.80. The molecule has 2 aromatic carbocycles. The molecule has 8 nitrogen and oxygen atoms in total. The molecule has 0 bridgehead atoms. The molecule has 0 heterocycles. The van der Waals surface area contributed by atoms with Crippen LogP contribution in [0.4, 0.5) is 0 Å². The zero-order valence-electron chi connectivity index (χ0n) is 16.4. The van der Waals surface area contributed by atoms with Crippen LogP contribution in [0.25, 0.3) is 0 Å². The van der Waals surface area contributed by atoms with Crippen LogP contribution in [0.3, 0.4) is 0 Å². The van der Waals surface area contributed by atoms with Crippen molar-refractivity contribution in [2.24, 2.45) is 0 Å². The van der Waals surface area contributed by atoms with Crippen molar-refractivity contribution in [3.05, 3.63) is 54.1 Å². The zero-order valence-corrected chi connectivity index (χ0v) is 17.2. The molecule has 0 unspecified atom stereocenters. The van der Waals surface area contributed by atoms with Gasteiger partial charge in [-0.3, -0.25) is 25.8 Å². The van der Waals surface area contributed by atoms with Gasteiger partial charge in [-0.25, -0.2) is 0 Å². The highest BCUT2D eigenvalue weighted by Crippen LogP contribution is 2.25. The van der Waals surface area contributed by atoms with Crippen LogP contribution in [0.5, 0.6) is 17.2 Å². The number of hydrogen-bond acceptors (Lipinski definition) is 6. The third kappa shape index (κ3) is 6.96. The first-order chi connectivity index (χ1) is 13.9. The van der Waals surface area contributed by atoms with Crippen LogP contribution in [0.1, 0.15) is 24.2 Å². The predicted molar refractivity (Wildman–Crippen MR) is 112 cm³/mol. The van der Waals surface area contributed by atoms with E-state index in [4.69, 9.17) is 26.4 Å². The maximum absolute atomic E-state index is 12.4. The number of rotatable bonds is 7. The highest BCUT2D eigenvalue weighted by atomic mass is 32.1. The van der Waals surface area contributed by atoms with E-state index in [0.717, 1.165) is 0 Å². The molecule has 0 radical (unpaired) electrons. The van der Waals surface area contributed by atoms with Crippen molar-refractivity contribution in [2.75, 3.05) is 13.7 Å².